The molecule has 1 saturated heterocycles. The third-order valence-electron chi connectivity index (χ3n) is 4.68. The fourth-order valence-corrected chi connectivity index (χ4v) is 3.44. The molecule has 1 aromatic heterocycles. The molecule has 1 amide bonds. The molecule has 1 aliphatic heterocycles. The Morgan fingerprint density at radius 3 is 2.50 bits per heavy atom. The second-order valence-electron chi connectivity index (χ2n) is 6.27. The Morgan fingerprint density at radius 1 is 1.04 bits per heavy atom. The molecule has 0 saturated carbocycles. The van der Waals surface area contributed by atoms with E-state index in [1.807, 2.05) is 18.2 Å². The number of piperazine rings is 1. The number of carbonyl (C=O) groups excluding carboxylic acids is 1. The van der Waals surface area contributed by atoms with Crippen molar-refractivity contribution in [1.82, 2.24) is 9.47 Å². The van der Waals surface area contributed by atoms with E-state index in [-0.39, 0.29) is 12.5 Å². The van der Waals surface area contributed by atoms with E-state index in [2.05, 4.69) is 17.0 Å². The first-order valence-electron chi connectivity index (χ1n) is 8.48. The van der Waals surface area contributed by atoms with Gasteiger partial charge in [0.1, 0.15) is 6.54 Å². The van der Waals surface area contributed by atoms with E-state index in [4.69, 9.17) is 16.0 Å². The second-order valence-corrected chi connectivity index (χ2v) is 6.71. The lowest BCUT2D eigenvalue weighted by Gasteiger charge is -2.36. The van der Waals surface area contributed by atoms with Gasteiger partial charge < -0.3 is 14.2 Å². The van der Waals surface area contributed by atoms with Gasteiger partial charge in [0.05, 0.1) is 5.52 Å². The number of para-hydroxylation sites is 1. The van der Waals surface area contributed by atoms with Crippen molar-refractivity contribution in [2.75, 3.05) is 31.1 Å². The Labute approximate surface area is 155 Å². The molecule has 0 unspecified atom stereocenters. The summed E-state index contributed by atoms with van der Waals surface area (Å²) in [4.78, 5) is 28.8. The number of hydrogen-bond donors (Lipinski definition) is 0. The summed E-state index contributed by atoms with van der Waals surface area (Å²) >= 11 is 5.92. The predicted octanol–water partition coefficient (Wildman–Crippen LogP) is 2.60. The van der Waals surface area contributed by atoms with E-state index in [0.29, 0.717) is 29.2 Å². The molecule has 4 rings (SSSR count). The minimum atomic E-state index is -0.543. The molecule has 1 fully saturated rings. The van der Waals surface area contributed by atoms with E-state index < -0.39 is 5.76 Å². The van der Waals surface area contributed by atoms with Gasteiger partial charge in [0, 0.05) is 43.0 Å². The third kappa shape index (κ3) is 3.20. The summed E-state index contributed by atoms with van der Waals surface area (Å²) in [6.07, 6.45) is 0. The van der Waals surface area contributed by atoms with Crippen LogP contribution in [-0.2, 0) is 11.3 Å². The van der Waals surface area contributed by atoms with Gasteiger partial charge in [-0.2, -0.15) is 0 Å². The van der Waals surface area contributed by atoms with E-state index >= 15 is 0 Å². The SMILES string of the molecule is O=C(Cn1c(=O)oc2cc(Cl)ccc21)N1CCN(c2ccccc2)CC1. The molecule has 0 radical (unpaired) electrons. The number of carbonyl (C=O) groups is 1. The zero-order valence-electron chi connectivity index (χ0n) is 14.1. The molecule has 0 spiro atoms. The van der Waals surface area contributed by atoms with Crippen LogP contribution in [0.1, 0.15) is 0 Å². The lowest BCUT2D eigenvalue weighted by atomic mass is 10.2. The molecule has 0 bridgehead atoms. The van der Waals surface area contributed by atoms with Gasteiger partial charge in [-0.1, -0.05) is 29.8 Å². The second kappa shape index (κ2) is 6.88. The molecular formula is C19H18ClN3O3. The van der Waals surface area contributed by atoms with Crippen molar-refractivity contribution in [2.24, 2.45) is 0 Å². The Hall–Kier alpha value is -2.73. The number of benzene rings is 2. The van der Waals surface area contributed by atoms with Gasteiger partial charge in [-0.25, -0.2) is 4.79 Å². The molecule has 26 heavy (non-hydrogen) atoms. The molecule has 0 atom stereocenters. The molecule has 2 heterocycles. The van der Waals surface area contributed by atoms with Crippen LogP contribution in [-0.4, -0.2) is 41.6 Å². The highest BCUT2D eigenvalue weighted by molar-refractivity contribution is 6.31. The summed E-state index contributed by atoms with van der Waals surface area (Å²) < 4.78 is 6.55. The summed E-state index contributed by atoms with van der Waals surface area (Å²) in [7, 11) is 0. The van der Waals surface area contributed by atoms with Crippen molar-refractivity contribution >= 4 is 34.3 Å². The first kappa shape index (κ1) is 16.7. The van der Waals surface area contributed by atoms with E-state index in [1.54, 1.807) is 23.1 Å². The number of hydrogen-bond acceptors (Lipinski definition) is 4. The molecule has 1 aliphatic rings. The third-order valence-corrected chi connectivity index (χ3v) is 4.91. The highest BCUT2D eigenvalue weighted by Gasteiger charge is 2.23. The largest absolute Gasteiger partial charge is 0.420 e. The average Bonchev–Trinajstić information content (AvgIpc) is 2.97. The normalized spacial score (nSPS) is 14.8. The maximum atomic E-state index is 12.7. The molecule has 7 heteroatoms. The van der Waals surface area contributed by atoms with Crippen LogP contribution in [0, 0.1) is 0 Å². The van der Waals surface area contributed by atoms with Crippen LogP contribution in [0.15, 0.2) is 57.7 Å². The van der Waals surface area contributed by atoms with Crippen LogP contribution in [0.3, 0.4) is 0 Å². The molecule has 0 aliphatic carbocycles. The fraction of sp³-hybridized carbons (Fsp3) is 0.263. The van der Waals surface area contributed by atoms with Gasteiger partial charge in [0.2, 0.25) is 5.91 Å². The zero-order chi connectivity index (χ0) is 18.1. The maximum absolute atomic E-state index is 12.7. The number of fused-ring (bicyclic) bond motifs is 1. The quantitative estimate of drug-likeness (QED) is 0.710. The van der Waals surface area contributed by atoms with E-state index in [9.17, 15) is 9.59 Å². The van der Waals surface area contributed by atoms with Gasteiger partial charge >= 0.3 is 5.76 Å². The first-order chi connectivity index (χ1) is 12.6. The number of halogens is 1. The maximum Gasteiger partial charge on any atom is 0.420 e. The molecule has 134 valence electrons. The number of anilines is 1. The van der Waals surface area contributed by atoms with Crippen LogP contribution in [0.4, 0.5) is 5.69 Å². The number of rotatable bonds is 3. The Morgan fingerprint density at radius 2 is 1.77 bits per heavy atom. The fourth-order valence-electron chi connectivity index (χ4n) is 3.28. The van der Waals surface area contributed by atoms with Crippen molar-refractivity contribution in [2.45, 2.75) is 6.54 Å². The monoisotopic (exact) mass is 371 g/mol. The van der Waals surface area contributed by atoms with Gasteiger partial charge in [-0.3, -0.25) is 9.36 Å². The highest BCUT2D eigenvalue weighted by atomic mass is 35.5. The van der Waals surface area contributed by atoms with Gasteiger partial charge in [0.25, 0.3) is 0 Å². The van der Waals surface area contributed by atoms with Crippen molar-refractivity contribution in [3.05, 3.63) is 64.1 Å². The summed E-state index contributed by atoms with van der Waals surface area (Å²) in [5.41, 5.74) is 2.13. The topological polar surface area (TPSA) is 58.7 Å². The smallest absolute Gasteiger partial charge is 0.408 e. The Kier molecular flexibility index (Phi) is 4.42. The van der Waals surface area contributed by atoms with Crippen LogP contribution >= 0.6 is 11.6 Å². The van der Waals surface area contributed by atoms with Gasteiger partial charge in [0.15, 0.2) is 5.58 Å². The Bertz CT molecular complexity index is 988. The lowest BCUT2D eigenvalue weighted by molar-refractivity contribution is -0.132. The number of amides is 1. The standard InChI is InChI=1S/C19H18ClN3O3/c20-14-6-7-16-17(12-14)26-19(25)23(16)13-18(24)22-10-8-21(9-11-22)15-4-2-1-3-5-15/h1-7,12H,8-11,13H2. The van der Waals surface area contributed by atoms with Crippen LogP contribution in [0.25, 0.3) is 11.1 Å². The Balaban J connectivity index is 1.45. The van der Waals surface area contributed by atoms with E-state index in [1.165, 1.54) is 4.57 Å². The molecular weight excluding hydrogens is 354 g/mol. The molecule has 2 aromatic carbocycles. The average molecular weight is 372 g/mol. The minimum absolute atomic E-state index is 0.0290. The summed E-state index contributed by atoms with van der Waals surface area (Å²) in [5, 5.41) is 0.488. The van der Waals surface area contributed by atoms with Crippen molar-refractivity contribution < 1.29 is 9.21 Å². The number of oxazole rings is 1. The summed E-state index contributed by atoms with van der Waals surface area (Å²) in [5.74, 6) is -0.629. The minimum Gasteiger partial charge on any atom is -0.408 e. The number of nitrogens with zero attached hydrogens (tertiary/aromatic N) is 3. The van der Waals surface area contributed by atoms with Gasteiger partial charge in [-0.05, 0) is 24.3 Å². The van der Waals surface area contributed by atoms with Crippen LogP contribution in [0.2, 0.25) is 5.02 Å². The molecule has 6 nitrogen and oxygen atoms in total. The highest BCUT2D eigenvalue weighted by Crippen LogP contribution is 2.19. The predicted molar refractivity (Wildman–Crippen MR) is 101 cm³/mol. The molecule has 0 N–H and O–H groups in total. The van der Waals surface area contributed by atoms with Crippen molar-refractivity contribution in [3.8, 4) is 0 Å². The number of aromatic nitrogens is 1. The lowest BCUT2D eigenvalue weighted by Crippen LogP contribution is -2.50. The summed E-state index contributed by atoms with van der Waals surface area (Å²) in [6, 6.07) is 15.1. The van der Waals surface area contributed by atoms with Crippen LogP contribution < -0.4 is 10.7 Å². The van der Waals surface area contributed by atoms with Crippen molar-refractivity contribution in [1.29, 1.82) is 0 Å². The van der Waals surface area contributed by atoms with Crippen molar-refractivity contribution in [3.63, 3.8) is 0 Å². The first-order valence-corrected chi connectivity index (χ1v) is 8.86. The zero-order valence-corrected chi connectivity index (χ0v) is 14.9. The van der Waals surface area contributed by atoms with Gasteiger partial charge in [-0.15, -0.1) is 0 Å². The van der Waals surface area contributed by atoms with E-state index in [0.717, 1.165) is 18.8 Å². The molecule has 3 aromatic rings. The summed E-state index contributed by atoms with van der Waals surface area (Å²) in [6.45, 7) is 2.77. The van der Waals surface area contributed by atoms with Crippen LogP contribution in [0.5, 0.6) is 0 Å².